The third-order valence-corrected chi connectivity index (χ3v) is 11.9. The second kappa shape index (κ2) is 10.1. The minimum Gasteiger partial charge on any atom is -0.490 e. The van der Waals surface area contributed by atoms with E-state index < -0.39 is 27.3 Å². The highest BCUT2D eigenvalue weighted by Gasteiger charge is 2.49. The molecule has 2 aromatic carbocycles. The number of anilines is 1. The number of aliphatic hydroxyl groups excluding tert-OH is 1. The Hall–Kier alpha value is -2.55. The van der Waals surface area contributed by atoms with Crippen LogP contribution in [0.15, 0.2) is 48.6 Å². The molecule has 1 fully saturated rings. The Kier molecular flexibility index (Phi) is 6.95. The molecule has 2 aliphatic heterocycles. The molecule has 0 aromatic heterocycles. The summed E-state index contributed by atoms with van der Waals surface area (Å²) in [4.78, 5) is 15.5. The largest absolute Gasteiger partial charge is 0.490 e. The molecule has 6 rings (SSSR count). The average Bonchev–Trinajstić information content (AvgIpc) is 3.06. The number of ether oxygens (including phenoxy) is 1. The maximum atomic E-state index is 13.2. The van der Waals surface area contributed by atoms with Crippen LogP contribution < -0.4 is 14.4 Å². The molecular weight excluding hydrogens is 548 g/mol. The van der Waals surface area contributed by atoms with Crippen LogP contribution in [0.1, 0.15) is 67.4 Å². The molecule has 9 heteroatoms. The Morgan fingerprint density at radius 2 is 2.00 bits per heavy atom. The molecule has 2 aromatic rings. The van der Waals surface area contributed by atoms with Gasteiger partial charge in [0, 0.05) is 34.5 Å². The first-order valence-electron chi connectivity index (χ1n) is 14.2. The minimum absolute atomic E-state index is 0.205. The van der Waals surface area contributed by atoms with E-state index in [2.05, 4.69) is 28.7 Å². The summed E-state index contributed by atoms with van der Waals surface area (Å²) in [5.41, 5.74) is 2.97. The lowest BCUT2D eigenvalue weighted by Crippen LogP contribution is -2.53. The topological polar surface area (TPSA) is 95.9 Å². The van der Waals surface area contributed by atoms with E-state index in [4.69, 9.17) is 16.3 Å². The van der Waals surface area contributed by atoms with E-state index in [-0.39, 0.29) is 28.7 Å². The van der Waals surface area contributed by atoms with Crippen molar-refractivity contribution in [2.24, 2.45) is 11.3 Å². The summed E-state index contributed by atoms with van der Waals surface area (Å²) in [7, 11) is -3.91. The number of carbonyl (C=O) groups excluding carboxylic acids is 1. The molecule has 1 spiro atoms. The normalized spacial score (nSPS) is 34.0. The summed E-state index contributed by atoms with van der Waals surface area (Å²) in [5, 5.41) is 11.1. The standard InChI is InChI=1S/C31H37ClN2O5S/c1-20-5-3-7-28(35)30(2)14-12-23(30)17-34-18-31(13-4-6-21-15-24(32)9-10-25(21)31)19-39-27-11-8-22(16-26(27)34)29(36)33-40(20,37)38/h3,7-11,15-16,20,23,28,35H,4-6,12-14,17-19H2,1-2H3,(H,33,36)/b7-3+/t20-,23-,28+,30+,31+/m1/s1. The molecule has 0 saturated heterocycles. The van der Waals surface area contributed by atoms with Crippen LogP contribution in [0.2, 0.25) is 5.02 Å². The molecule has 7 nitrogen and oxygen atoms in total. The van der Waals surface area contributed by atoms with Crippen LogP contribution in [0, 0.1) is 11.3 Å². The molecule has 2 N–H and O–H groups in total. The fourth-order valence-electron chi connectivity index (χ4n) is 7.05. The quantitative estimate of drug-likeness (QED) is 0.423. The number of allylic oxidation sites excluding steroid dienone is 1. The van der Waals surface area contributed by atoms with Gasteiger partial charge >= 0.3 is 0 Å². The maximum absolute atomic E-state index is 13.2. The summed E-state index contributed by atoms with van der Waals surface area (Å²) in [5.74, 6) is 0.238. The number of fused-ring (bicyclic) bond motifs is 4. The lowest BCUT2D eigenvalue weighted by molar-refractivity contribution is -0.0469. The number of aliphatic hydroxyl groups is 1. The van der Waals surface area contributed by atoms with Gasteiger partial charge in [-0.2, -0.15) is 0 Å². The van der Waals surface area contributed by atoms with E-state index in [1.165, 1.54) is 11.1 Å². The molecular formula is C31H37ClN2O5S. The zero-order valence-corrected chi connectivity index (χ0v) is 24.6. The van der Waals surface area contributed by atoms with Gasteiger partial charge in [-0.3, -0.25) is 4.79 Å². The second-order valence-electron chi connectivity index (χ2n) is 12.4. The van der Waals surface area contributed by atoms with Gasteiger partial charge in [0.25, 0.3) is 5.91 Å². The van der Waals surface area contributed by atoms with Crippen molar-refractivity contribution in [1.29, 1.82) is 0 Å². The number of hydrogen-bond acceptors (Lipinski definition) is 6. The van der Waals surface area contributed by atoms with Crippen LogP contribution in [-0.2, 0) is 21.9 Å². The molecule has 5 atom stereocenters. The average molecular weight is 585 g/mol. The Bertz CT molecular complexity index is 1480. The van der Waals surface area contributed by atoms with Gasteiger partial charge < -0.3 is 14.7 Å². The van der Waals surface area contributed by atoms with Crippen molar-refractivity contribution in [2.45, 2.75) is 69.1 Å². The monoisotopic (exact) mass is 584 g/mol. The summed E-state index contributed by atoms with van der Waals surface area (Å²) in [6.45, 7) is 5.57. The number of benzene rings is 2. The zero-order valence-electron chi connectivity index (χ0n) is 23.0. The molecule has 0 radical (unpaired) electrons. The molecule has 2 bridgehead atoms. The van der Waals surface area contributed by atoms with Crippen LogP contribution in [0.4, 0.5) is 5.69 Å². The van der Waals surface area contributed by atoms with Gasteiger partial charge in [-0.1, -0.05) is 36.7 Å². The molecule has 2 heterocycles. The number of aryl methyl sites for hydroxylation is 1. The first kappa shape index (κ1) is 27.6. The van der Waals surface area contributed by atoms with Crippen LogP contribution in [-0.4, -0.2) is 50.5 Å². The zero-order chi connectivity index (χ0) is 28.3. The van der Waals surface area contributed by atoms with E-state index in [1.54, 1.807) is 37.3 Å². The highest BCUT2D eigenvalue weighted by atomic mass is 35.5. The van der Waals surface area contributed by atoms with Crippen LogP contribution in [0.3, 0.4) is 0 Å². The van der Waals surface area contributed by atoms with E-state index in [9.17, 15) is 18.3 Å². The van der Waals surface area contributed by atoms with Crippen molar-refractivity contribution in [3.63, 3.8) is 0 Å². The fourth-order valence-corrected chi connectivity index (χ4v) is 8.19. The number of amides is 1. The number of nitrogens with one attached hydrogen (secondary N) is 1. The number of rotatable bonds is 0. The van der Waals surface area contributed by atoms with Gasteiger partial charge in [0.05, 0.1) is 23.6 Å². The van der Waals surface area contributed by atoms with Gasteiger partial charge in [0.1, 0.15) is 5.75 Å². The fraction of sp³-hybridized carbons (Fsp3) is 0.516. The summed E-state index contributed by atoms with van der Waals surface area (Å²) in [6, 6.07) is 11.3. The smallest absolute Gasteiger partial charge is 0.264 e. The second-order valence-corrected chi connectivity index (χ2v) is 15.0. The first-order valence-corrected chi connectivity index (χ1v) is 16.1. The van der Waals surface area contributed by atoms with E-state index >= 15 is 0 Å². The van der Waals surface area contributed by atoms with E-state index in [0.717, 1.165) is 42.8 Å². The van der Waals surface area contributed by atoms with Crippen molar-refractivity contribution in [2.75, 3.05) is 24.6 Å². The van der Waals surface area contributed by atoms with E-state index in [0.29, 0.717) is 25.4 Å². The molecule has 2 aliphatic carbocycles. The summed E-state index contributed by atoms with van der Waals surface area (Å²) < 4.78 is 34.7. The number of carbonyl (C=O) groups is 1. The van der Waals surface area contributed by atoms with Crippen LogP contribution >= 0.6 is 11.6 Å². The molecule has 214 valence electrons. The molecule has 1 amide bonds. The van der Waals surface area contributed by atoms with Crippen molar-refractivity contribution in [3.05, 3.63) is 70.3 Å². The third-order valence-electron chi connectivity index (χ3n) is 9.93. The van der Waals surface area contributed by atoms with E-state index in [1.807, 2.05) is 6.07 Å². The number of hydrogen-bond donors (Lipinski definition) is 2. The SMILES string of the molecule is C[C@@H]1C/C=C/[C@H](O)[C@@]2(C)CC[C@@H]2CN2C[C@@]3(CCCc4cc(Cl)ccc43)COc3ccc(cc32)C(=O)NS1(=O)=O. The van der Waals surface area contributed by atoms with Gasteiger partial charge in [-0.15, -0.1) is 0 Å². The van der Waals surface area contributed by atoms with Crippen LogP contribution in [0.5, 0.6) is 5.75 Å². The Morgan fingerprint density at radius 3 is 2.77 bits per heavy atom. The molecule has 0 unspecified atom stereocenters. The minimum atomic E-state index is -3.91. The van der Waals surface area contributed by atoms with Crippen molar-refractivity contribution < 1.29 is 23.1 Å². The highest BCUT2D eigenvalue weighted by molar-refractivity contribution is 7.90. The predicted molar refractivity (Wildman–Crippen MR) is 157 cm³/mol. The van der Waals surface area contributed by atoms with Gasteiger partial charge in [-0.05, 0) is 92.8 Å². The lowest BCUT2D eigenvalue weighted by Gasteiger charge is -2.52. The highest BCUT2D eigenvalue weighted by Crippen LogP contribution is 2.52. The predicted octanol–water partition coefficient (Wildman–Crippen LogP) is 5.00. The summed E-state index contributed by atoms with van der Waals surface area (Å²) >= 11 is 6.37. The molecule has 40 heavy (non-hydrogen) atoms. The number of halogens is 1. The Morgan fingerprint density at radius 1 is 1.18 bits per heavy atom. The maximum Gasteiger partial charge on any atom is 0.264 e. The van der Waals surface area contributed by atoms with Gasteiger partial charge in [-0.25, -0.2) is 13.1 Å². The van der Waals surface area contributed by atoms with Gasteiger partial charge in [0.2, 0.25) is 10.0 Å². The summed E-state index contributed by atoms with van der Waals surface area (Å²) in [6.07, 6.45) is 7.81. The first-order chi connectivity index (χ1) is 19.0. The van der Waals surface area contributed by atoms with Crippen molar-refractivity contribution in [1.82, 2.24) is 4.72 Å². The molecule has 4 aliphatic rings. The van der Waals surface area contributed by atoms with Crippen molar-refractivity contribution in [3.8, 4) is 5.75 Å². The third kappa shape index (κ3) is 4.72. The Labute approximate surface area is 241 Å². The van der Waals surface area contributed by atoms with Crippen LogP contribution in [0.25, 0.3) is 0 Å². The Balaban J connectivity index is 1.46. The number of sulfonamides is 1. The van der Waals surface area contributed by atoms with Gasteiger partial charge in [0.15, 0.2) is 0 Å². The molecule has 1 saturated carbocycles. The lowest BCUT2D eigenvalue weighted by atomic mass is 9.58. The van der Waals surface area contributed by atoms with Crippen molar-refractivity contribution >= 4 is 33.2 Å². The number of nitrogens with zero attached hydrogens (tertiary/aromatic N) is 1.